The summed E-state index contributed by atoms with van der Waals surface area (Å²) in [7, 11) is 1.57. The van der Waals surface area contributed by atoms with Crippen molar-refractivity contribution in [2.24, 2.45) is 0 Å². The molecule has 0 aliphatic heterocycles. The summed E-state index contributed by atoms with van der Waals surface area (Å²) in [5, 5.41) is 3.40. The second kappa shape index (κ2) is 6.49. The monoisotopic (exact) mass is 372 g/mol. The zero-order valence-corrected chi connectivity index (χ0v) is 14.8. The van der Waals surface area contributed by atoms with Gasteiger partial charge < -0.3 is 10.1 Å². The number of carbonyl (C=O) groups is 1. The number of imidazole rings is 1. The van der Waals surface area contributed by atoms with Gasteiger partial charge in [0.05, 0.1) is 17.6 Å². The number of nitrogens with zero attached hydrogens (tertiary/aromatic N) is 2. The number of aromatic nitrogens is 3. The van der Waals surface area contributed by atoms with Crippen LogP contribution in [0.2, 0.25) is 5.02 Å². The maximum absolute atomic E-state index is 12.2. The van der Waals surface area contributed by atoms with Gasteiger partial charge in [-0.2, -0.15) is 0 Å². The van der Waals surface area contributed by atoms with Crippen LogP contribution in [0.25, 0.3) is 22.3 Å². The maximum Gasteiger partial charge on any atom is 0.328 e. The van der Waals surface area contributed by atoms with Crippen LogP contribution in [0, 0.1) is 0 Å². The lowest BCUT2D eigenvalue weighted by Crippen LogP contribution is -2.32. The number of H-pyrrole nitrogens is 1. The molecule has 0 radical (unpaired) electrons. The van der Waals surface area contributed by atoms with E-state index in [1.165, 1.54) is 4.57 Å². The number of rotatable bonds is 5. The first-order chi connectivity index (χ1) is 12.5. The first kappa shape index (κ1) is 16.7. The molecule has 2 heterocycles. The third-order valence-corrected chi connectivity index (χ3v) is 4.67. The highest BCUT2D eigenvalue weighted by Gasteiger charge is 2.24. The highest BCUT2D eigenvalue weighted by molar-refractivity contribution is 6.33. The summed E-state index contributed by atoms with van der Waals surface area (Å²) in [6.07, 6.45) is 3.63. The fourth-order valence-corrected chi connectivity index (χ4v) is 3.12. The molecule has 134 valence electrons. The number of pyridine rings is 1. The largest absolute Gasteiger partial charge is 0.497 e. The van der Waals surface area contributed by atoms with Crippen molar-refractivity contribution in [2.75, 3.05) is 7.11 Å². The number of halogens is 1. The second-order valence-electron chi connectivity index (χ2n) is 6.30. The van der Waals surface area contributed by atoms with E-state index in [1.807, 2.05) is 6.07 Å². The van der Waals surface area contributed by atoms with Gasteiger partial charge in [0.15, 0.2) is 5.65 Å². The molecule has 1 amide bonds. The van der Waals surface area contributed by atoms with E-state index in [9.17, 15) is 9.59 Å². The summed E-state index contributed by atoms with van der Waals surface area (Å²) in [6, 6.07) is 7.40. The number of hydrogen-bond donors (Lipinski definition) is 2. The van der Waals surface area contributed by atoms with Gasteiger partial charge >= 0.3 is 5.69 Å². The summed E-state index contributed by atoms with van der Waals surface area (Å²) in [5.41, 5.74) is 2.15. The van der Waals surface area contributed by atoms with E-state index < -0.39 is 0 Å². The lowest BCUT2D eigenvalue weighted by atomic mass is 10.1. The Kier molecular flexibility index (Phi) is 4.16. The molecule has 8 heteroatoms. The van der Waals surface area contributed by atoms with E-state index in [2.05, 4.69) is 15.3 Å². The molecule has 1 aliphatic carbocycles. The van der Waals surface area contributed by atoms with Crippen LogP contribution in [-0.2, 0) is 11.3 Å². The fraction of sp³-hybridized carbons (Fsp3) is 0.278. The van der Waals surface area contributed by atoms with Crippen molar-refractivity contribution in [2.45, 2.75) is 25.4 Å². The molecule has 1 saturated carbocycles. The van der Waals surface area contributed by atoms with Crippen LogP contribution < -0.4 is 15.7 Å². The lowest BCUT2D eigenvalue weighted by molar-refractivity contribution is -0.121. The minimum atomic E-state index is -0.364. The third kappa shape index (κ3) is 3.17. The van der Waals surface area contributed by atoms with Crippen LogP contribution in [0.3, 0.4) is 0 Å². The molecule has 26 heavy (non-hydrogen) atoms. The topological polar surface area (TPSA) is 89.0 Å². The van der Waals surface area contributed by atoms with Gasteiger partial charge in [-0.3, -0.25) is 14.3 Å². The Morgan fingerprint density at radius 1 is 1.42 bits per heavy atom. The van der Waals surface area contributed by atoms with Crippen molar-refractivity contribution in [3.05, 3.63) is 46.0 Å². The van der Waals surface area contributed by atoms with E-state index in [0.29, 0.717) is 21.9 Å². The van der Waals surface area contributed by atoms with Crippen molar-refractivity contribution in [1.29, 1.82) is 0 Å². The SMILES string of the molecule is COc1ccc(-c2cnc3[nH]c(=O)n(CC(=O)NC4CC4)c3c2)c(Cl)c1. The molecule has 0 atom stereocenters. The summed E-state index contributed by atoms with van der Waals surface area (Å²) in [5.74, 6) is 0.478. The molecule has 2 N–H and O–H groups in total. The van der Waals surface area contributed by atoms with E-state index in [0.717, 1.165) is 24.0 Å². The van der Waals surface area contributed by atoms with Crippen LogP contribution >= 0.6 is 11.6 Å². The zero-order valence-electron chi connectivity index (χ0n) is 14.1. The predicted octanol–water partition coefficient (Wildman–Crippen LogP) is 2.33. The molecular formula is C18H17ClN4O3. The number of ether oxygens (including phenoxy) is 1. The first-order valence-electron chi connectivity index (χ1n) is 8.27. The number of carbonyl (C=O) groups excluding carboxylic acids is 1. The lowest BCUT2D eigenvalue weighted by Gasteiger charge is -2.08. The summed E-state index contributed by atoms with van der Waals surface area (Å²) >= 11 is 6.34. The Morgan fingerprint density at radius 2 is 2.23 bits per heavy atom. The van der Waals surface area contributed by atoms with Crippen LogP contribution in [0.1, 0.15) is 12.8 Å². The van der Waals surface area contributed by atoms with Crippen molar-refractivity contribution in [3.63, 3.8) is 0 Å². The van der Waals surface area contributed by atoms with E-state index in [4.69, 9.17) is 16.3 Å². The van der Waals surface area contributed by atoms with Gasteiger partial charge in [0.1, 0.15) is 12.3 Å². The zero-order chi connectivity index (χ0) is 18.3. The number of hydrogen-bond acceptors (Lipinski definition) is 4. The molecule has 1 aliphatic rings. The number of methoxy groups -OCH3 is 1. The predicted molar refractivity (Wildman–Crippen MR) is 98.5 cm³/mol. The second-order valence-corrected chi connectivity index (χ2v) is 6.70. The van der Waals surface area contributed by atoms with Gasteiger partial charge in [-0.05, 0) is 37.1 Å². The molecule has 2 aromatic heterocycles. The van der Waals surface area contributed by atoms with Crippen molar-refractivity contribution in [1.82, 2.24) is 19.9 Å². The maximum atomic E-state index is 12.2. The molecule has 0 spiro atoms. The third-order valence-electron chi connectivity index (χ3n) is 4.36. The van der Waals surface area contributed by atoms with Crippen molar-refractivity contribution in [3.8, 4) is 16.9 Å². The van der Waals surface area contributed by atoms with Gasteiger partial charge in [-0.25, -0.2) is 9.78 Å². The molecule has 1 aromatic carbocycles. The number of amides is 1. The molecule has 0 saturated heterocycles. The molecule has 3 aromatic rings. The number of fused-ring (bicyclic) bond motifs is 1. The average Bonchev–Trinajstić information content (AvgIpc) is 3.38. The molecule has 0 bridgehead atoms. The Balaban J connectivity index is 1.72. The van der Waals surface area contributed by atoms with Gasteiger partial charge in [0.25, 0.3) is 0 Å². The van der Waals surface area contributed by atoms with Crippen molar-refractivity contribution >= 4 is 28.7 Å². The highest BCUT2D eigenvalue weighted by Crippen LogP contribution is 2.31. The highest BCUT2D eigenvalue weighted by atomic mass is 35.5. The molecule has 1 fully saturated rings. The number of nitrogens with one attached hydrogen (secondary N) is 2. The summed E-state index contributed by atoms with van der Waals surface area (Å²) < 4.78 is 6.55. The van der Waals surface area contributed by atoms with Gasteiger partial charge in [-0.1, -0.05) is 11.6 Å². The smallest absolute Gasteiger partial charge is 0.328 e. The minimum absolute atomic E-state index is 0.0448. The summed E-state index contributed by atoms with van der Waals surface area (Å²) in [4.78, 5) is 31.3. The van der Waals surface area contributed by atoms with Crippen LogP contribution in [0.15, 0.2) is 35.3 Å². The van der Waals surface area contributed by atoms with E-state index in [1.54, 1.807) is 31.5 Å². The quantitative estimate of drug-likeness (QED) is 0.719. The van der Waals surface area contributed by atoms with E-state index >= 15 is 0 Å². The van der Waals surface area contributed by atoms with Gasteiger partial charge in [0, 0.05) is 23.4 Å². The van der Waals surface area contributed by atoms with Gasteiger partial charge in [-0.15, -0.1) is 0 Å². The molecule has 7 nitrogen and oxygen atoms in total. The Bertz CT molecular complexity index is 1050. The Labute approximate surface area is 154 Å². The minimum Gasteiger partial charge on any atom is -0.497 e. The standard InChI is InChI=1S/C18H17ClN4O3/c1-26-12-4-5-13(14(19)7-12)10-6-15-17(20-8-10)22-18(25)23(15)9-16(24)21-11-2-3-11/h4-8,11H,2-3,9H2,1H3,(H,21,24)(H,20,22,25). The fourth-order valence-electron chi connectivity index (χ4n) is 2.84. The van der Waals surface area contributed by atoms with Gasteiger partial charge in [0.2, 0.25) is 5.91 Å². The van der Waals surface area contributed by atoms with Crippen LogP contribution in [0.4, 0.5) is 0 Å². The van der Waals surface area contributed by atoms with Crippen molar-refractivity contribution < 1.29 is 9.53 Å². The van der Waals surface area contributed by atoms with Crippen LogP contribution in [0.5, 0.6) is 5.75 Å². The number of aromatic amines is 1. The Hall–Kier alpha value is -2.80. The Morgan fingerprint density at radius 3 is 2.92 bits per heavy atom. The molecular weight excluding hydrogens is 356 g/mol. The average molecular weight is 373 g/mol. The van der Waals surface area contributed by atoms with Crippen LogP contribution in [-0.4, -0.2) is 33.6 Å². The first-order valence-corrected chi connectivity index (χ1v) is 8.65. The normalized spacial score (nSPS) is 13.8. The van der Waals surface area contributed by atoms with E-state index in [-0.39, 0.29) is 24.2 Å². The summed E-state index contributed by atoms with van der Waals surface area (Å²) in [6.45, 7) is -0.0448. The molecule has 4 rings (SSSR count). The molecule has 0 unspecified atom stereocenters. The number of benzene rings is 1.